The van der Waals surface area contributed by atoms with Gasteiger partial charge < -0.3 is 16.0 Å². The third-order valence-electron chi connectivity index (χ3n) is 2.27. The minimum absolute atomic E-state index is 0.0140. The number of thiazole rings is 1. The molecule has 0 unspecified atom stereocenters. The van der Waals surface area contributed by atoms with Crippen LogP contribution in [-0.4, -0.2) is 43.0 Å². The molecule has 0 aliphatic heterocycles. The van der Waals surface area contributed by atoms with Crippen molar-refractivity contribution in [3.63, 3.8) is 0 Å². The van der Waals surface area contributed by atoms with E-state index in [1.165, 1.54) is 11.3 Å². The predicted octanol–water partition coefficient (Wildman–Crippen LogP) is 0.726. The lowest BCUT2D eigenvalue weighted by atomic mass is 10.3. The van der Waals surface area contributed by atoms with Crippen LogP contribution in [0.15, 0.2) is 5.38 Å². The number of anilines is 1. The van der Waals surface area contributed by atoms with Gasteiger partial charge in [0.1, 0.15) is 0 Å². The van der Waals surface area contributed by atoms with Crippen LogP contribution < -0.4 is 11.1 Å². The summed E-state index contributed by atoms with van der Waals surface area (Å²) in [4.78, 5) is 17.7. The minimum Gasteiger partial charge on any atom is -0.375 e. The van der Waals surface area contributed by atoms with Crippen LogP contribution in [0.25, 0.3) is 0 Å². The number of carbonyl (C=O) groups is 1. The van der Waals surface area contributed by atoms with Crippen LogP contribution in [-0.2, 0) is 11.2 Å². The first-order valence-corrected chi connectivity index (χ1v) is 6.57. The van der Waals surface area contributed by atoms with Crippen molar-refractivity contribution in [3.8, 4) is 0 Å². The first-order valence-electron chi connectivity index (χ1n) is 5.69. The third kappa shape index (κ3) is 6.23. The number of nitrogens with one attached hydrogen (secondary N) is 1. The van der Waals surface area contributed by atoms with Gasteiger partial charge in [0.25, 0.3) is 0 Å². The number of nitrogens with zero attached hydrogens (tertiary/aromatic N) is 2. The molecule has 1 amide bonds. The van der Waals surface area contributed by atoms with E-state index in [1.807, 2.05) is 19.5 Å². The molecule has 6 heteroatoms. The van der Waals surface area contributed by atoms with E-state index in [0.717, 1.165) is 31.6 Å². The Bertz CT molecular complexity index is 351. The summed E-state index contributed by atoms with van der Waals surface area (Å²) in [5, 5.41) is 5.21. The van der Waals surface area contributed by atoms with Crippen molar-refractivity contribution in [3.05, 3.63) is 11.1 Å². The Labute approximate surface area is 106 Å². The van der Waals surface area contributed by atoms with Crippen molar-refractivity contribution in [1.29, 1.82) is 0 Å². The van der Waals surface area contributed by atoms with Crippen molar-refractivity contribution in [2.45, 2.75) is 19.3 Å². The Morgan fingerprint density at radius 3 is 2.88 bits per heavy atom. The Kier molecular flexibility index (Phi) is 5.93. The molecular formula is C11H20N4OS. The largest absolute Gasteiger partial charge is 0.375 e. The SMILES string of the molecule is CN(C)CCCCNC(=O)Cc1csc(N)n1. The fraction of sp³-hybridized carbons (Fsp3) is 0.636. The topological polar surface area (TPSA) is 71.2 Å². The molecule has 0 aliphatic rings. The van der Waals surface area contributed by atoms with Gasteiger partial charge in [-0.25, -0.2) is 4.98 Å². The number of carbonyl (C=O) groups excluding carboxylic acids is 1. The van der Waals surface area contributed by atoms with Gasteiger partial charge in [0.05, 0.1) is 12.1 Å². The second-order valence-electron chi connectivity index (χ2n) is 4.21. The summed E-state index contributed by atoms with van der Waals surface area (Å²) in [5.41, 5.74) is 6.24. The zero-order valence-corrected chi connectivity index (χ0v) is 11.2. The first kappa shape index (κ1) is 13.9. The lowest BCUT2D eigenvalue weighted by molar-refractivity contribution is -0.120. The highest BCUT2D eigenvalue weighted by molar-refractivity contribution is 7.13. The molecule has 0 fully saturated rings. The Balaban J connectivity index is 2.09. The number of unbranched alkanes of at least 4 members (excludes halogenated alkanes) is 1. The van der Waals surface area contributed by atoms with Crippen LogP contribution in [0.2, 0.25) is 0 Å². The summed E-state index contributed by atoms with van der Waals surface area (Å²) < 4.78 is 0. The predicted molar refractivity (Wildman–Crippen MR) is 71.0 cm³/mol. The number of aromatic nitrogens is 1. The fourth-order valence-corrected chi connectivity index (χ4v) is 1.97. The molecular weight excluding hydrogens is 236 g/mol. The Morgan fingerprint density at radius 2 is 2.29 bits per heavy atom. The van der Waals surface area contributed by atoms with Crippen LogP contribution >= 0.6 is 11.3 Å². The van der Waals surface area contributed by atoms with Crippen molar-refractivity contribution in [2.24, 2.45) is 0 Å². The molecule has 1 aromatic heterocycles. The van der Waals surface area contributed by atoms with Gasteiger partial charge in [-0.05, 0) is 33.5 Å². The molecule has 0 saturated carbocycles. The van der Waals surface area contributed by atoms with Crippen molar-refractivity contribution in [2.75, 3.05) is 32.9 Å². The zero-order valence-electron chi connectivity index (χ0n) is 10.4. The van der Waals surface area contributed by atoms with Gasteiger partial charge in [-0.15, -0.1) is 11.3 Å². The van der Waals surface area contributed by atoms with Gasteiger partial charge in [0.15, 0.2) is 5.13 Å². The van der Waals surface area contributed by atoms with Crippen LogP contribution in [0, 0.1) is 0 Å². The number of hydrogen-bond acceptors (Lipinski definition) is 5. The van der Waals surface area contributed by atoms with E-state index in [0.29, 0.717) is 11.6 Å². The van der Waals surface area contributed by atoms with Gasteiger partial charge in [-0.1, -0.05) is 0 Å². The summed E-state index contributed by atoms with van der Waals surface area (Å²) in [6.07, 6.45) is 2.42. The molecule has 3 N–H and O–H groups in total. The average molecular weight is 256 g/mol. The summed E-state index contributed by atoms with van der Waals surface area (Å²) in [5.74, 6) is 0.0140. The van der Waals surface area contributed by atoms with Crippen molar-refractivity contribution < 1.29 is 4.79 Å². The lowest BCUT2D eigenvalue weighted by Gasteiger charge is -2.09. The molecule has 1 aromatic rings. The Hall–Kier alpha value is -1.14. The zero-order chi connectivity index (χ0) is 12.7. The van der Waals surface area contributed by atoms with Crippen LogP contribution in [0.4, 0.5) is 5.13 Å². The van der Waals surface area contributed by atoms with Gasteiger partial charge in [-0.2, -0.15) is 0 Å². The van der Waals surface area contributed by atoms with Gasteiger partial charge in [0.2, 0.25) is 5.91 Å². The average Bonchev–Trinajstić information content (AvgIpc) is 2.63. The number of rotatable bonds is 7. The Morgan fingerprint density at radius 1 is 1.53 bits per heavy atom. The number of nitrogen functional groups attached to an aromatic ring is 1. The summed E-state index contributed by atoms with van der Waals surface area (Å²) in [6.45, 7) is 1.78. The van der Waals surface area contributed by atoms with E-state index < -0.39 is 0 Å². The summed E-state index contributed by atoms with van der Waals surface area (Å²) in [7, 11) is 4.09. The molecule has 0 spiro atoms. The molecule has 96 valence electrons. The highest BCUT2D eigenvalue weighted by Gasteiger charge is 2.05. The van der Waals surface area contributed by atoms with Gasteiger partial charge >= 0.3 is 0 Å². The molecule has 1 rings (SSSR count). The molecule has 0 saturated heterocycles. The number of nitrogens with two attached hydrogens (primary N) is 1. The summed E-state index contributed by atoms with van der Waals surface area (Å²) in [6, 6.07) is 0. The fourth-order valence-electron chi connectivity index (χ4n) is 1.41. The van der Waals surface area contributed by atoms with E-state index in [9.17, 15) is 4.79 Å². The van der Waals surface area contributed by atoms with E-state index in [4.69, 9.17) is 5.73 Å². The first-order chi connectivity index (χ1) is 8.08. The number of hydrogen-bond donors (Lipinski definition) is 2. The normalized spacial score (nSPS) is 10.8. The lowest BCUT2D eigenvalue weighted by Crippen LogP contribution is -2.26. The molecule has 0 aromatic carbocycles. The highest BCUT2D eigenvalue weighted by Crippen LogP contribution is 2.11. The molecule has 5 nitrogen and oxygen atoms in total. The van der Waals surface area contributed by atoms with E-state index in [2.05, 4.69) is 15.2 Å². The van der Waals surface area contributed by atoms with Crippen LogP contribution in [0.1, 0.15) is 18.5 Å². The molecule has 0 atom stereocenters. The van der Waals surface area contributed by atoms with E-state index in [-0.39, 0.29) is 5.91 Å². The molecule has 1 heterocycles. The monoisotopic (exact) mass is 256 g/mol. The standard InChI is InChI=1S/C11H20N4OS/c1-15(2)6-4-3-5-13-10(16)7-9-8-17-11(12)14-9/h8H,3-7H2,1-2H3,(H2,12,14)(H,13,16). The summed E-state index contributed by atoms with van der Waals surface area (Å²) >= 11 is 1.36. The van der Waals surface area contributed by atoms with E-state index in [1.54, 1.807) is 0 Å². The van der Waals surface area contributed by atoms with Crippen molar-refractivity contribution in [1.82, 2.24) is 15.2 Å². The maximum atomic E-state index is 11.5. The molecule has 17 heavy (non-hydrogen) atoms. The minimum atomic E-state index is 0.0140. The second kappa shape index (κ2) is 7.24. The van der Waals surface area contributed by atoms with Gasteiger partial charge in [0, 0.05) is 11.9 Å². The highest BCUT2D eigenvalue weighted by atomic mass is 32.1. The molecule has 0 bridgehead atoms. The molecule has 0 aliphatic carbocycles. The van der Waals surface area contributed by atoms with Crippen LogP contribution in [0.3, 0.4) is 0 Å². The van der Waals surface area contributed by atoms with Crippen LogP contribution in [0.5, 0.6) is 0 Å². The number of amides is 1. The maximum absolute atomic E-state index is 11.5. The third-order valence-corrected chi connectivity index (χ3v) is 2.99. The van der Waals surface area contributed by atoms with E-state index >= 15 is 0 Å². The smallest absolute Gasteiger partial charge is 0.226 e. The van der Waals surface area contributed by atoms with Gasteiger partial charge in [-0.3, -0.25) is 4.79 Å². The molecule has 0 radical (unpaired) electrons. The quantitative estimate of drug-likeness (QED) is 0.705. The maximum Gasteiger partial charge on any atom is 0.226 e. The second-order valence-corrected chi connectivity index (χ2v) is 5.10. The van der Waals surface area contributed by atoms with Crippen molar-refractivity contribution >= 4 is 22.4 Å².